The minimum absolute atomic E-state index is 0.0332. The largest absolute Gasteiger partial charge is 0.309 e. The topological polar surface area (TPSA) is 79.4 Å². The second kappa shape index (κ2) is 8.53. The van der Waals surface area contributed by atoms with Gasteiger partial charge in [-0.25, -0.2) is 18.1 Å². The number of hydrogen-bond acceptors (Lipinski definition) is 5. The number of aromatic nitrogens is 1. The molecule has 162 valence electrons. The summed E-state index contributed by atoms with van der Waals surface area (Å²) in [5, 5.41) is 2.90. The molecule has 31 heavy (non-hydrogen) atoms. The molecule has 1 aliphatic heterocycles. The molecule has 1 N–H and O–H groups in total. The number of anilines is 1. The second-order valence-corrected chi connectivity index (χ2v) is 10.5. The van der Waals surface area contributed by atoms with Crippen molar-refractivity contribution in [2.24, 2.45) is 0 Å². The normalized spacial score (nSPS) is 15.8. The molecule has 1 amide bonds. The maximum atomic E-state index is 12.8. The summed E-state index contributed by atoms with van der Waals surface area (Å²) in [6.45, 7) is 5.81. The van der Waals surface area contributed by atoms with Gasteiger partial charge in [0, 0.05) is 42.6 Å². The Labute approximate surface area is 187 Å². The summed E-state index contributed by atoms with van der Waals surface area (Å²) in [7, 11) is -3.64. The van der Waals surface area contributed by atoms with Crippen molar-refractivity contribution >= 4 is 33.0 Å². The number of thiazole rings is 1. The summed E-state index contributed by atoms with van der Waals surface area (Å²) in [6, 6.07) is 13.2. The van der Waals surface area contributed by atoms with Gasteiger partial charge in [-0.05, 0) is 44.0 Å². The molecule has 1 atom stereocenters. The van der Waals surface area contributed by atoms with Crippen LogP contribution in [-0.2, 0) is 27.7 Å². The number of nitrogens with zero attached hydrogens (tertiary/aromatic N) is 2. The van der Waals surface area contributed by atoms with E-state index in [1.807, 2.05) is 31.4 Å². The van der Waals surface area contributed by atoms with Gasteiger partial charge in [0.2, 0.25) is 15.9 Å². The number of carbonyl (C=O) groups excluding carboxylic acids is 1. The predicted molar refractivity (Wildman–Crippen MR) is 124 cm³/mol. The van der Waals surface area contributed by atoms with Crippen molar-refractivity contribution in [3.05, 3.63) is 64.7 Å². The van der Waals surface area contributed by atoms with Gasteiger partial charge in [0.1, 0.15) is 5.01 Å². The van der Waals surface area contributed by atoms with E-state index >= 15 is 0 Å². The number of benzene rings is 2. The van der Waals surface area contributed by atoms with Gasteiger partial charge in [0.25, 0.3) is 0 Å². The van der Waals surface area contributed by atoms with Crippen molar-refractivity contribution in [1.82, 2.24) is 9.71 Å². The number of carbonyl (C=O) groups is 1. The van der Waals surface area contributed by atoms with Crippen LogP contribution in [0.1, 0.15) is 30.7 Å². The molecule has 0 aliphatic carbocycles. The number of sulfonamides is 1. The molecule has 0 radical (unpaired) electrons. The van der Waals surface area contributed by atoms with E-state index in [4.69, 9.17) is 0 Å². The number of aryl methyl sites for hydroxylation is 1. The molecule has 1 aliphatic rings. The molecule has 2 aromatic carbocycles. The Morgan fingerprint density at radius 3 is 2.68 bits per heavy atom. The van der Waals surface area contributed by atoms with Crippen LogP contribution in [0.5, 0.6) is 0 Å². The first kappa shape index (κ1) is 21.7. The lowest BCUT2D eigenvalue weighted by molar-refractivity contribution is -0.116. The molecular formula is C23H25N3O3S2. The molecule has 0 bridgehead atoms. The minimum atomic E-state index is -3.64. The highest BCUT2D eigenvalue weighted by molar-refractivity contribution is 7.89. The van der Waals surface area contributed by atoms with E-state index in [1.54, 1.807) is 34.4 Å². The third kappa shape index (κ3) is 4.56. The fourth-order valence-electron chi connectivity index (χ4n) is 3.90. The number of hydrogen-bond donors (Lipinski definition) is 1. The van der Waals surface area contributed by atoms with Crippen molar-refractivity contribution in [3.63, 3.8) is 0 Å². The van der Waals surface area contributed by atoms with Gasteiger partial charge in [-0.3, -0.25) is 4.79 Å². The van der Waals surface area contributed by atoms with E-state index in [1.165, 1.54) is 12.5 Å². The van der Waals surface area contributed by atoms with Gasteiger partial charge in [0.05, 0.1) is 10.6 Å². The highest BCUT2D eigenvalue weighted by Crippen LogP contribution is 2.33. The van der Waals surface area contributed by atoms with E-state index in [0.29, 0.717) is 12.8 Å². The summed E-state index contributed by atoms with van der Waals surface area (Å²) in [5.74, 6) is -0.0340. The van der Waals surface area contributed by atoms with E-state index in [9.17, 15) is 13.2 Å². The van der Waals surface area contributed by atoms with Crippen molar-refractivity contribution < 1.29 is 13.2 Å². The molecular weight excluding hydrogens is 430 g/mol. The highest BCUT2D eigenvalue weighted by atomic mass is 32.2. The van der Waals surface area contributed by atoms with Gasteiger partial charge in [-0.15, -0.1) is 11.3 Å². The summed E-state index contributed by atoms with van der Waals surface area (Å²) in [5.41, 5.74) is 4.81. The first-order chi connectivity index (χ1) is 14.7. The van der Waals surface area contributed by atoms with Gasteiger partial charge in [-0.1, -0.05) is 29.8 Å². The first-order valence-corrected chi connectivity index (χ1v) is 12.5. The van der Waals surface area contributed by atoms with Crippen LogP contribution in [0, 0.1) is 6.92 Å². The van der Waals surface area contributed by atoms with Crippen LogP contribution in [0.4, 0.5) is 5.69 Å². The Morgan fingerprint density at radius 1 is 1.23 bits per heavy atom. The summed E-state index contributed by atoms with van der Waals surface area (Å²) >= 11 is 1.56. The van der Waals surface area contributed by atoms with Crippen molar-refractivity contribution in [2.75, 3.05) is 11.4 Å². The second-order valence-electron chi connectivity index (χ2n) is 7.89. The molecule has 0 fully saturated rings. The Kier molecular flexibility index (Phi) is 5.96. The number of nitrogens with one attached hydrogen (secondary N) is 1. The van der Waals surface area contributed by atoms with Crippen LogP contribution >= 0.6 is 11.3 Å². The minimum Gasteiger partial charge on any atom is -0.309 e. The first-order valence-electron chi connectivity index (χ1n) is 10.2. The van der Waals surface area contributed by atoms with E-state index in [-0.39, 0.29) is 23.4 Å². The van der Waals surface area contributed by atoms with Crippen LogP contribution < -0.4 is 9.62 Å². The molecule has 3 aromatic rings. The summed E-state index contributed by atoms with van der Waals surface area (Å²) < 4.78 is 28.2. The average molecular weight is 456 g/mol. The Morgan fingerprint density at radius 2 is 1.97 bits per heavy atom. The standard InChI is InChI=1S/C23H25N3O3S2/c1-15-4-6-18(7-5-15)23-25-20(14-30-23)10-11-24-31(28,29)21-8-9-22-19(13-21)12-16(2)26(22)17(3)27/h4-9,13-14,16,24H,10-12H2,1-3H3. The molecule has 8 heteroatoms. The molecule has 1 unspecified atom stereocenters. The van der Waals surface area contributed by atoms with E-state index in [2.05, 4.69) is 21.8 Å². The third-order valence-electron chi connectivity index (χ3n) is 5.44. The predicted octanol–water partition coefficient (Wildman–Crippen LogP) is 3.94. The summed E-state index contributed by atoms with van der Waals surface area (Å²) in [6.07, 6.45) is 1.17. The van der Waals surface area contributed by atoms with Crippen LogP contribution in [-0.4, -0.2) is 31.9 Å². The lowest BCUT2D eigenvalue weighted by atomic mass is 10.1. The van der Waals surface area contributed by atoms with Crippen LogP contribution in [0.3, 0.4) is 0 Å². The smallest absolute Gasteiger partial charge is 0.240 e. The van der Waals surface area contributed by atoms with Crippen molar-refractivity contribution in [2.45, 2.75) is 44.6 Å². The number of rotatable bonds is 6. The quantitative estimate of drug-likeness (QED) is 0.611. The van der Waals surface area contributed by atoms with Crippen molar-refractivity contribution in [3.8, 4) is 10.6 Å². The van der Waals surface area contributed by atoms with Crippen LogP contribution in [0.2, 0.25) is 0 Å². The zero-order valence-electron chi connectivity index (χ0n) is 17.8. The van der Waals surface area contributed by atoms with Crippen LogP contribution in [0.15, 0.2) is 52.7 Å². The van der Waals surface area contributed by atoms with Crippen LogP contribution in [0.25, 0.3) is 10.6 Å². The van der Waals surface area contributed by atoms with Gasteiger partial charge in [0.15, 0.2) is 0 Å². The zero-order chi connectivity index (χ0) is 22.2. The monoisotopic (exact) mass is 455 g/mol. The lowest BCUT2D eigenvalue weighted by Crippen LogP contribution is -2.33. The van der Waals surface area contributed by atoms with Gasteiger partial charge in [-0.2, -0.15) is 0 Å². The maximum absolute atomic E-state index is 12.8. The van der Waals surface area contributed by atoms with Gasteiger partial charge < -0.3 is 4.90 Å². The van der Waals surface area contributed by atoms with E-state index in [0.717, 1.165) is 27.5 Å². The maximum Gasteiger partial charge on any atom is 0.240 e. The summed E-state index contributed by atoms with van der Waals surface area (Å²) in [4.78, 5) is 18.4. The molecule has 1 aromatic heterocycles. The van der Waals surface area contributed by atoms with E-state index < -0.39 is 10.0 Å². The van der Waals surface area contributed by atoms with Gasteiger partial charge >= 0.3 is 0 Å². The zero-order valence-corrected chi connectivity index (χ0v) is 19.4. The molecule has 0 saturated carbocycles. The molecule has 2 heterocycles. The third-order valence-corrected chi connectivity index (χ3v) is 7.84. The Bertz CT molecular complexity index is 1220. The SMILES string of the molecule is CC(=O)N1c2ccc(S(=O)(=O)NCCc3csc(-c4ccc(C)cc4)n3)cc2CC1C. The molecule has 0 saturated heterocycles. The fraction of sp³-hybridized carbons (Fsp3) is 0.304. The van der Waals surface area contributed by atoms with Crippen molar-refractivity contribution in [1.29, 1.82) is 0 Å². The highest BCUT2D eigenvalue weighted by Gasteiger charge is 2.30. The Balaban J connectivity index is 1.41. The Hall–Kier alpha value is -2.55. The number of amides is 1. The fourth-order valence-corrected chi connectivity index (χ4v) is 5.84. The average Bonchev–Trinajstić information content (AvgIpc) is 3.31. The number of fused-ring (bicyclic) bond motifs is 1. The molecule has 4 rings (SSSR count). The molecule has 6 nitrogen and oxygen atoms in total. The molecule has 0 spiro atoms. The lowest BCUT2D eigenvalue weighted by Gasteiger charge is -2.20.